The van der Waals surface area contributed by atoms with Crippen molar-refractivity contribution in [1.82, 2.24) is 4.98 Å². The first-order valence-electron chi connectivity index (χ1n) is 5.82. The van der Waals surface area contributed by atoms with Gasteiger partial charge in [0, 0.05) is 18.5 Å². The molecule has 102 valence electrons. The summed E-state index contributed by atoms with van der Waals surface area (Å²) in [5.74, 6) is 0. The van der Waals surface area contributed by atoms with Gasteiger partial charge in [0.05, 0.1) is 18.2 Å². The molecule has 3 nitrogen and oxygen atoms in total. The van der Waals surface area contributed by atoms with Crippen molar-refractivity contribution in [3.8, 4) is 0 Å². The Morgan fingerprint density at radius 1 is 1.50 bits per heavy atom. The van der Waals surface area contributed by atoms with Crippen molar-refractivity contribution >= 4 is 16.5 Å². The lowest BCUT2D eigenvalue weighted by Gasteiger charge is -2.16. The Balaban J connectivity index is 2.05. The van der Waals surface area contributed by atoms with E-state index >= 15 is 0 Å². The van der Waals surface area contributed by atoms with E-state index in [-0.39, 0.29) is 6.54 Å². The first-order valence-corrected chi connectivity index (χ1v) is 6.64. The number of aromatic nitrogens is 1. The number of fused-ring (bicyclic) bond motifs is 1. The van der Waals surface area contributed by atoms with Gasteiger partial charge in [-0.3, -0.25) is 0 Å². The minimum atomic E-state index is -4.15. The molecule has 0 aromatic carbocycles. The minimum Gasteiger partial charge on any atom is -0.387 e. The number of anilines is 1. The zero-order chi connectivity index (χ0) is 13.3. The van der Waals surface area contributed by atoms with Gasteiger partial charge < -0.3 is 10.0 Å². The van der Waals surface area contributed by atoms with Crippen molar-refractivity contribution < 1.29 is 18.3 Å². The third kappa shape index (κ3) is 3.14. The number of alkyl halides is 3. The smallest absolute Gasteiger partial charge is 0.387 e. The van der Waals surface area contributed by atoms with Crippen LogP contribution in [0.4, 0.5) is 18.3 Å². The Morgan fingerprint density at radius 3 is 2.83 bits per heavy atom. The first kappa shape index (κ1) is 13.6. The van der Waals surface area contributed by atoms with Crippen molar-refractivity contribution in [3.05, 3.63) is 10.6 Å². The number of aliphatic hydroxyl groups excluding tert-OH is 1. The van der Waals surface area contributed by atoms with Crippen LogP contribution in [0.2, 0.25) is 0 Å². The Bertz CT molecular complexity index is 419. The average Bonchev–Trinajstić information content (AvgIpc) is 2.70. The SMILES string of the molecule is CN(CCC(F)(F)F)c1nc2c(s1)CCCC2O. The zero-order valence-electron chi connectivity index (χ0n) is 10.00. The highest BCUT2D eigenvalue weighted by Crippen LogP contribution is 2.36. The molecule has 7 heteroatoms. The van der Waals surface area contributed by atoms with E-state index in [0.717, 1.165) is 17.7 Å². The maximum absolute atomic E-state index is 12.1. The lowest BCUT2D eigenvalue weighted by atomic mass is 10.0. The topological polar surface area (TPSA) is 36.4 Å². The third-order valence-electron chi connectivity index (χ3n) is 2.97. The van der Waals surface area contributed by atoms with Crippen LogP contribution >= 0.6 is 11.3 Å². The van der Waals surface area contributed by atoms with Crippen molar-refractivity contribution in [1.29, 1.82) is 0 Å². The molecule has 0 bridgehead atoms. The Morgan fingerprint density at radius 2 is 2.22 bits per heavy atom. The number of thiazole rings is 1. The van der Waals surface area contributed by atoms with Crippen LogP contribution in [0.15, 0.2) is 0 Å². The molecule has 0 fully saturated rings. The summed E-state index contributed by atoms with van der Waals surface area (Å²) in [4.78, 5) is 6.77. The molecular weight excluding hydrogens is 265 g/mol. The van der Waals surface area contributed by atoms with Gasteiger partial charge in [0.15, 0.2) is 5.13 Å². The van der Waals surface area contributed by atoms with Gasteiger partial charge in [-0.2, -0.15) is 13.2 Å². The molecule has 1 aliphatic rings. The Kier molecular flexibility index (Phi) is 3.82. The number of aryl methyl sites for hydroxylation is 1. The molecule has 1 aliphatic carbocycles. The van der Waals surface area contributed by atoms with Crippen LogP contribution in [0.3, 0.4) is 0 Å². The van der Waals surface area contributed by atoms with Crippen LogP contribution in [-0.4, -0.2) is 29.9 Å². The molecule has 1 N–H and O–H groups in total. The molecule has 1 atom stereocenters. The zero-order valence-corrected chi connectivity index (χ0v) is 10.8. The van der Waals surface area contributed by atoms with Crippen molar-refractivity contribution in [2.24, 2.45) is 0 Å². The van der Waals surface area contributed by atoms with Gasteiger partial charge in [0.1, 0.15) is 0 Å². The summed E-state index contributed by atoms with van der Waals surface area (Å²) in [6.45, 7) is -0.105. The monoisotopic (exact) mass is 280 g/mol. The fourth-order valence-corrected chi connectivity index (χ4v) is 3.08. The quantitative estimate of drug-likeness (QED) is 0.925. The standard InChI is InChI=1S/C11H15F3N2OS/c1-16(6-5-11(12,13)14)10-15-9-7(17)3-2-4-8(9)18-10/h7,17H,2-6H2,1H3. The van der Waals surface area contributed by atoms with Crippen molar-refractivity contribution in [2.45, 2.75) is 38.0 Å². The van der Waals surface area contributed by atoms with E-state index in [1.165, 1.54) is 16.2 Å². The molecule has 0 saturated heterocycles. The molecule has 1 aromatic heterocycles. The molecule has 0 amide bonds. The first-order chi connectivity index (χ1) is 8.37. The second kappa shape index (κ2) is 5.05. The fourth-order valence-electron chi connectivity index (χ4n) is 1.94. The highest BCUT2D eigenvalue weighted by molar-refractivity contribution is 7.15. The molecule has 1 unspecified atom stereocenters. The lowest BCUT2D eigenvalue weighted by molar-refractivity contribution is -0.132. The maximum atomic E-state index is 12.1. The number of rotatable bonds is 3. The summed E-state index contributed by atoms with van der Waals surface area (Å²) in [6.07, 6.45) is -3.11. The average molecular weight is 280 g/mol. The van der Waals surface area contributed by atoms with Crippen LogP contribution in [0.25, 0.3) is 0 Å². The predicted octanol–water partition coefficient (Wildman–Crippen LogP) is 2.90. The van der Waals surface area contributed by atoms with Crippen LogP contribution in [0.5, 0.6) is 0 Å². The highest BCUT2D eigenvalue weighted by Gasteiger charge is 2.29. The van der Waals surface area contributed by atoms with Gasteiger partial charge in [-0.05, 0) is 19.3 Å². The number of hydrogen-bond acceptors (Lipinski definition) is 4. The van der Waals surface area contributed by atoms with E-state index in [1.54, 1.807) is 7.05 Å². The molecule has 18 heavy (non-hydrogen) atoms. The molecule has 2 rings (SSSR count). The number of halogens is 3. The summed E-state index contributed by atoms with van der Waals surface area (Å²) in [5, 5.41) is 10.3. The molecular formula is C11H15F3N2OS. The molecule has 0 spiro atoms. The van der Waals surface area contributed by atoms with Crippen molar-refractivity contribution in [2.75, 3.05) is 18.5 Å². The van der Waals surface area contributed by atoms with E-state index in [1.807, 2.05) is 0 Å². The number of aliphatic hydroxyl groups is 1. The van der Waals surface area contributed by atoms with Crippen molar-refractivity contribution in [3.63, 3.8) is 0 Å². The van der Waals surface area contributed by atoms with E-state index in [4.69, 9.17) is 0 Å². The second-order valence-corrected chi connectivity index (χ2v) is 5.56. The van der Waals surface area contributed by atoms with Gasteiger partial charge in [-0.15, -0.1) is 11.3 Å². The van der Waals surface area contributed by atoms with Gasteiger partial charge in [-0.1, -0.05) is 0 Å². The van der Waals surface area contributed by atoms with E-state index in [0.29, 0.717) is 17.2 Å². The second-order valence-electron chi connectivity index (χ2n) is 4.50. The van der Waals surface area contributed by atoms with Crippen LogP contribution in [0.1, 0.15) is 35.9 Å². The third-order valence-corrected chi connectivity index (χ3v) is 4.22. The Labute approximate surface area is 107 Å². The van der Waals surface area contributed by atoms with Gasteiger partial charge in [-0.25, -0.2) is 4.98 Å². The van der Waals surface area contributed by atoms with Gasteiger partial charge in [0.2, 0.25) is 0 Å². The molecule has 0 radical (unpaired) electrons. The van der Waals surface area contributed by atoms with Crippen LogP contribution in [-0.2, 0) is 6.42 Å². The van der Waals surface area contributed by atoms with E-state index in [2.05, 4.69) is 4.98 Å². The molecule has 1 heterocycles. The minimum absolute atomic E-state index is 0.105. The Hall–Kier alpha value is -0.820. The normalized spacial score (nSPS) is 19.7. The van der Waals surface area contributed by atoms with Gasteiger partial charge in [0.25, 0.3) is 0 Å². The molecule has 0 aliphatic heterocycles. The summed E-state index contributed by atoms with van der Waals surface area (Å²) >= 11 is 1.39. The fraction of sp³-hybridized carbons (Fsp3) is 0.727. The predicted molar refractivity (Wildman–Crippen MR) is 64.0 cm³/mol. The molecule has 0 saturated carbocycles. The lowest BCUT2D eigenvalue weighted by Crippen LogP contribution is -2.23. The van der Waals surface area contributed by atoms with Crippen LogP contribution < -0.4 is 4.90 Å². The summed E-state index contributed by atoms with van der Waals surface area (Å²) < 4.78 is 36.4. The number of nitrogens with zero attached hydrogens (tertiary/aromatic N) is 2. The molecule has 1 aromatic rings. The highest BCUT2D eigenvalue weighted by atomic mass is 32.1. The van der Waals surface area contributed by atoms with E-state index < -0.39 is 18.7 Å². The summed E-state index contributed by atoms with van der Waals surface area (Å²) in [6, 6.07) is 0. The maximum Gasteiger partial charge on any atom is 0.390 e. The van der Waals surface area contributed by atoms with Crippen LogP contribution in [0, 0.1) is 0 Å². The van der Waals surface area contributed by atoms with Gasteiger partial charge >= 0.3 is 6.18 Å². The van der Waals surface area contributed by atoms with E-state index in [9.17, 15) is 18.3 Å². The summed E-state index contributed by atoms with van der Waals surface area (Å²) in [5.41, 5.74) is 0.653. The summed E-state index contributed by atoms with van der Waals surface area (Å²) in [7, 11) is 1.60. The largest absolute Gasteiger partial charge is 0.390 e. The number of hydrogen-bond donors (Lipinski definition) is 1.